The molecule has 0 spiro atoms. The Morgan fingerprint density at radius 2 is 1.93 bits per heavy atom. The quantitative estimate of drug-likeness (QED) is 0.756. The average Bonchev–Trinajstić information content (AvgIpc) is 2.69. The molecule has 2 unspecified atom stereocenters. The van der Waals surface area contributed by atoms with Crippen LogP contribution in [0.4, 0.5) is 4.39 Å². The number of amides is 1. The van der Waals surface area contributed by atoms with Gasteiger partial charge in [0.25, 0.3) is 0 Å². The molecule has 1 amide bonds. The van der Waals surface area contributed by atoms with Crippen molar-refractivity contribution < 1.29 is 23.2 Å². The molecule has 1 aliphatic heterocycles. The zero-order valence-corrected chi connectivity index (χ0v) is 18.6. The normalized spacial score (nSPS) is 21.7. The summed E-state index contributed by atoms with van der Waals surface area (Å²) >= 11 is 0. The van der Waals surface area contributed by atoms with Gasteiger partial charge in [-0.15, -0.1) is 0 Å². The van der Waals surface area contributed by atoms with E-state index >= 15 is 0 Å². The van der Waals surface area contributed by atoms with Crippen LogP contribution in [0.2, 0.25) is 0 Å². The molecule has 5 nitrogen and oxygen atoms in total. The van der Waals surface area contributed by atoms with Crippen molar-refractivity contribution >= 4 is 16.7 Å². The van der Waals surface area contributed by atoms with Crippen LogP contribution in [0, 0.1) is 5.41 Å². The molecule has 0 bridgehead atoms. The number of nitrogens with zero attached hydrogens (tertiary/aromatic N) is 1. The highest BCUT2D eigenvalue weighted by molar-refractivity contribution is 7.85. The Labute approximate surface area is 180 Å². The number of phenols is 1. The predicted molar refractivity (Wildman–Crippen MR) is 115 cm³/mol. The summed E-state index contributed by atoms with van der Waals surface area (Å²) in [5.41, 5.74) is 0.777. The number of carbonyl (C=O) groups excluding carboxylic acids is 1. The van der Waals surface area contributed by atoms with Crippen LogP contribution in [0.5, 0.6) is 5.75 Å². The zero-order valence-electron chi connectivity index (χ0n) is 17.8. The number of ether oxygens (including phenoxy) is 1. The molecule has 1 N–H and O–H groups in total. The minimum Gasteiger partial charge on any atom is -0.507 e. The molecule has 1 saturated heterocycles. The summed E-state index contributed by atoms with van der Waals surface area (Å²) in [6.07, 6.45) is 4.90. The van der Waals surface area contributed by atoms with Gasteiger partial charge in [0, 0.05) is 13.1 Å². The van der Waals surface area contributed by atoms with Crippen LogP contribution in [0.1, 0.15) is 40.0 Å². The van der Waals surface area contributed by atoms with Gasteiger partial charge >= 0.3 is 0 Å². The first-order chi connectivity index (χ1) is 14.1. The van der Waals surface area contributed by atoms with E-state index in [0.717, 1.165) is 5.57 Å². The number of rotatable bonds is 5. The Bertz CT molecular complexity index is 866. The van der Waals surface area contributed by atoms with E-state index in [0.29, 0.717) is 32.4 Å². The first kappa shape index (κ1) is 22.7. The Kier molecular flexibility index (Phi) is 7.14. The molecule has 1 aliphatic carbocycles. The molecule has 7 heteroatoms. The third kappa shape index (κ3) is 5.58. The topological polar surface area (TPSA) is 66.8 Å². The van der Waals surface area contributed by atoms with Crippen LogP contribution in [0.3, 0.4) is 0 Å². The van der Waals surface area contributed by atoms with E-state index in [-0.39, 0.29) is 45.8 Å². The lowest BCUT2D eigenvalue weighted by Crippen LogP contribution is -2.44. The molecule has 2 aliphatic rings. The molecule has 1 aromatic carbocycles. The Balaban J connectivity index is 1.52. The summed E-state index contributed by atoms with van der Waals surface area (Å²) in [7, 11) is -1.58. The molecule has 1 heterocycles. The number of carbonyl (C=O) groups is 1. The highest BCUT2D eigenvalue weighted by Crippen LogP contribution is 2.36. The van der Waals surface area contributed by atoms with Gasteiger partial charge in [-0.3, -0.25) is 9.00 Å². The lowest BCUT2D eigenvalue weighted by atomic mass is 9.80. The molecule has 1 aromatic rings. The molecule has 2 atom stereocenters. The largest absolute Gasteiger partial charge is 0.507 e. The zero-order chi connectivity index (χ0) is 21.9. The van der Waals surface area contributed by atoms with Crippen LogP contribution in [0.15, 0.2) is 52.7 Å². The molecule has 1 fully saturated rings. The van der Waals surface area contributed by atoms with Crippen molar-refractivity contribution in [1.82, 2.24) is 4.90 Å². The SMILES string of the molecule is CC(C)(C)C1=CC(F)=CCC1OC1CCN(C(=O)CS(=O)c2ccccc2O)CC1. The minimum absolute atomic E-state index is 0.00280. The van der Waals surface area contributed by atoms with Gasteiger partial charge < -0.3 is 14.7 Å². The number of likely N-dealkylation sites (tertiary alicyclic amines) is 1. The number of para-hydroxylation sites is 1. The number of phenolic OH excluding ortho intramolecular Hbond substituents is 1. The lowest BCUT2D eigenvalue weighted by molar-refractivity contribution is -0.131. The monoisotopic (exact) mass is 435 g/mol. The first-order valence-corrected chi connectivity index (χ1v) is 11.6. The van der Waals surface area contributed by atoms with Crippen molar-refractivity contribution in [3.8, 4) is 5.75 Å². The fraction of sp³-hybridized carbons (Fsp3) is 0.522. The number of halogens is 1. The molecule has 0 radical (unpaired) electrons. The molecule has 3 rings (SSSR count). The van der Waals surface area contributed by atoms with E-state index in [1.54, 1.807) is 35.3 Å². The van der Waals surface area contributed by atoms with Crippen LogP contribution >= 0.6 is 0 Å². The number of benzene rings is 1. The summed E-state index contributed by atoms with van der Waals surface area (Å²) < 4.78 is 32.5. The minimum atomic E-state index is -1.58. The van der Waals surface area contributed by atoms with Crippen LogP contribution < -0.4 is 0 Å². The fourth-order valence-electron chi connectivity index (χ4n) is 3.88. The van der Waals surface area contributed by atoms with E-state index in [4.69, 9.17) is 4.74 Å². The van der Waals surface area contributed by atoms with E-state index in [1.165, 1.54) is 6.07 Å². The Morgan fingerprint density at radius 1 is 1.27 bits per heavy atom. The number of piperidine rings is 1. The van der Waals surface area contributed by atoms with Gasteiger partial charge in [-0.05, 0) is 54.5 Å². The molecule has 30 heavy (non-hydrogen) atoms. The van der Waals surface area contributed by atoms with Crippen LogP contribution in [-0.4, -0.2) is 51.2 Å². The molecular weight excluding hydrogens is 405 g/mol. The maximum absolute atomic E-state index is 13.8. The maximum atomic E-state index is 13.8. The Hall–Kier alpha value is -1.99. The number of hydrogen-bond acceptors (Lipinski definition) is 4. The second-order valence-electron chi connectivity index (χ2n) is 8.84. The highest BCUT2D eigenvalue weighted by atomic mass is 32.2. The summed E-state index contributed by atoms with van der Waals surface area (Å²) in [4.78, 5) is 14.5. The molecule has 0 aromatic heterocycles. The lowest BCUT2D eigenvalue weighted by Gasteiger charge is -2.37. The van der Waals surface area contributed by atoms with E-state index < -0.39 is 10.8 Å². The average molecular weight is 436 g/mol. The van der Waals surface area contributed by atoms with Gasteiger partial charge in [-0.2, -0.15) is 0 Å². The van der Waals surface area contributed by atoms with Crippen molar-refractivity contribution in [2.75, 3.05) is 18.8 Å². The van der Waals surface area contributed by atoms with Crippen molar-refractivity contribution in [3.05, 3.63) is 47.8 Å². The number of hydrogen-bond donors (Lipinski definition) is 1. The molecule has 0 saturated carbocycles. The second kappa shape index (κ2) is 9.43. The van der Waals surface area contributed by atoms with Gasteiger partial charge in [-0.1, -0.05) is 32.9 Å². The van der Waals surface area contributed by atoms with Crippen molar-refractivity contribution in [3.63, 3.8) is 0 Å². The standard InChI is InChI=1S/C23H30FNO4S/c1-23(2,3)18-14-16(24)8-9-20(18)29-17-10-12-25(13-11-17)22(27)15-30(28)21-7-5-4-6-19(21)26/h4-8,14,17,20,26H,9-13,15H2,1-3H3. The smallest absolute Gasteiger partial charge is 0.235 e. The van der Waals surface area contributed by atoms with Gasteiger partial charge in [0.1, 0.15) is 17.3 Å². The maximum Gasteiger partial charge on any atom is 0.235 e. The van der Waals surface area contributed by atoms with Crippen molar-refractivity contribution in [1.29, 1.82) is 0 Å². The van der Waals surface area contributed by atoms with Gasteiger partial charge in [0.2, 0.25) is 5.91 Å². The molecule has 164 valence electrons. The van der Waals surface area contributed by atoms with Crippen molar-refractivity contribution in [2.24, 2.45) is 5.41 Å². The highest BCUT2D eigenvalue weighted by Gasteiger charge is 2.32. The first-order valence-electron chi connectivity index (χ1n) is 10.3. The van der Waals surface area contributed by atoms with Gasteiger partial charge in [0.05, 0.1) is 27.9 Å². The van der Waals surface area contributed by atoms with E-state index in [2.05, 4.69) is 20.8 Å². The third-order valence-electron chi connectivity index (χ3n) is 5.55. The number of allylic oxidation sites excluding steroid dienone is 2. The summed E-state index contributed by atoms with van der Waals surface area (Å²) in [5, 5.41) is 9.82. The van der Waals surface area contributed by atoms with Crippen LogP contribution in [-0.2, 0) is 20.3 Å². The summed E-state index contributed by atoms with van der Waals surface area (Å²) in [5.74, 6) is -0.603. The third-order valence-corrected chi connectivity index (χ3v) is 6.89. The van der Waals surface area contributed by atoms with Crippen molar-refractivity contribution in [2.45, 2.75) is 57.1 Å². The van der Waals surface area contributed by atoms with E-state index in [9.17, 15) is 18.5 Å². The summed E-state index contributed by atoms with van der Waals surface area (Å²) in [6.45, 7) is 7.24. The fourth-order valence-corrected chi connectivity index (χ4v) is 4.97. The second-order valence-corrected chi connectivity index (χ2v) is 10.3. The predicted octanol–water partition coefficient (Wildman–Crippen LogP) is 4.11. The molecular formula is C23H30FNO4S. The van der Waals surface area contributed by atoms with Crippen LogP contribution in [0.25, 0.3) is 0 Å². The summed E-state index contributed by atoms with van der Waals surface area (Å²) in [6, 6.07) is 6.37. The van der Waals surface area contributed by atoms with Gasteiger partial charge in [0.15, 0.2) is 0 Å². The van der Waals surface area contributed by atoms with E-state index in [1.807, 2.05) is 0 Å². The Morgan fingerprint density at radius 3 is 2.57 bits per heavy atom. The van der Waals surface area contributed by atoms with Gasteiger partial charge in [-0.25, -0.2) is 4.39 Å². The number of aromatic hydroxyl groups is 1.